The molecule has 0 saturated heterocycles. The van der Waals surface area contributed by atoms with Crippen LogP contribution in [0.15, 0.2) is 88.7 Å². The Labute approximate surface area is 171 Å². The van der Waals surface area contributed by atoms with Crippen molar-refractivity contribution in [3.8, 4) is 0 Å². The monoisotopic (exact) mass is 409 g/mol. The topological polar surface area (TPSA) is 72.5 Å². The molecule has 0 bridgehead atoms. The van der Waals surface area contributed by atoms with E-state index in [1.807, 2.05) is 18.2 Å². The Morgan fingerprint density at radius 3 is 1.86 bits per heavy atom. The van der Waals surface area contributed by atoms with Crippen LogP contribution < -0.4 is 5.32 Å². The second-order valence-electron chi connectivity index (χ2n) is 6.48. The highest BCUT2D eigenvalue weighted by molar-refractivity contribution is 7.91. The molecule has 5 nitrogen and oxygen atoms in total. The third-order valence-corrected chi connectivity index (χ3v) is 6.20. The highest BCUT2D eigenvalue weighted by atomic mass is 32.2. The molecule has 6 heteroatoms. The predicted molar refractivity (Wildman–Crippen MR) is 111 cm³/mol. The Bertz CT molecular complexity index is 1040. The summed E-state index contributed by atoms with van der Waals surface area (Å²) in [4.78, 5) is 12.1. The third kappa shape index (κ3) is 5.31. The Morgan fingerprint density at radius 2 is 1.31 bits per heavy atom. The number of benzene rings is 3. The van der Waals surface area contributed by atoms with Crippen LogP contribution in [0.2, 0.25) is 0 Å². The number of carbonyl (C=O) groups is 1. The van der Waals surface area contributed by atoms with Gasteiger partial charge in [-0.15, -0.1) is 0 Å². The summed E-state index contributed by atoms with van der Waals surface area (Å²) in [6.07, 6.45) is 0. The second-order valence-corrected chi connectivity index (χ2v) is 8.43. The van der Waals surface area contributed by atoms with E-state index >= 15 is 0 Å². The molecule has 0 radical (unpaired) electrons. The lowest BCUT2D eigenvalue weighted by atomic mass is 10.2. The van der Waals surface area contributed by atoms with Crippen LogP contribution in [-0.2, 0) is 27.7 Å². The van der Waals surface area contributed by atoms with Crippen LogP contribution in [0.3, 0.4) is 0 Å². The third-order valence-electron chi connectivity index (χ3n) is 4.41. The zero-order valence-corrected chi connectivity index (χ0v) is 17.0. The lowest BCUT2D eigenvalue weighted by Crippen LogP contribution is -2.12. The molecular weight excluding hydrogens is 386 g/mol. The van der Waals surface area contributed by atoms with E-state index in [-0.39, 0.29) is 16.4 Å². The molecule has 150 valence electrons. The molecule has 0 heterocycles. The summed E-state index contributed by atoms with van der Waals surface area (Å²) in [5, 5.41) is 3.34. The minimum Gasteiger partial charge on any atom is -0.462 e. The lowest BCUT2D eigenvalue weighted by molar-refractivity contribution is 0.0526. The van der Waals surface area contributed by atoms with Gasteiger partial charge in [0.05, 0.1) is 22.0 Å². The van der Waals surface area contributed by atoms with E-state index in [1.165, 1.54) is 29.8 Å². The summed E-state index contributed by atoms with van der Waals surface area (Å²) in [5.41, 5.74) is 2.51. The van der Waals surface area contributed by atoms with Crippen molar-refractivity contribution in [1.29, 1.82) is 0 Å². The number of rotatable bonds is 8. The van der Waals surface area contributed by atoms with Crippen LogP contribution in [0.5, 0.6) is 0 Å². The molecule has 0 saturated carbocycles. The minimum absolute atomic E-state index is 0.139. The summed E-state index contributed by atoms with van der Waals surface area (Å²) >= 11 is 0. The zero-order chi connectivity index (χ0) is 20.7. The zero-order valence-electron chi connectivity index (χ0n) is 16.2. The first kappa shape index (κ1) is 20.8. The van der Waals surface area contributed by atoms with Crippen LogP contribution in [0, 0.1) is 0 Å². The van der Waals surface area contributed by atoms with Crippen LogP contribution in [-0.4, -0.2) is 21.0 Å². The maximum absolute atomic E-state index is 12.8. The SMILES string of the molecule is CCOC(=O)c1ccc(S(=O)(=O)c2ccc(CNCc3ccccc3)cc2)cc1. The number of hydrogen-bond donors (Lipinski definition) is 1. The van der Waals surface area contributed by atoms with Gasteiger partial charge in [0, 0.05) is 13.1 Å². The molecule has 1 N–H and O–H groups in total. The summed E-state index contributed by atoms with van der Waals surface area (Å²) in [5.74, 6) is -0.469. The van der Waals surface area contributed by atoms with E-state index in [2.05, 4.69) is 17.4 Å². The van der Waals surface area contributed by atoms with Crippen LogP contribution in [0.4, 0.5) is 0 Å². The van der Waals surface area contributed by atoms with Gasteiger partial charge >= 0.3 is 5.97 Å². The molecule has 0 fully saturated rings. The van der Waals surface area contributed by atoms with Gasteiger partial charge in [-0.3, -0.25) is 0 Å². The first-order valence-corrected chi connectivity index (χ1v) is 10.8. The fraction of sp³-hybridized carbons (Fsp3) is 0.174. The highest BCUT2D eigenvalue weighted by Gasteiger charge is 2.18. The fourth-order valence-corrected chi connectivity index (χ4v) is 4.12. The first-order chi connectivity index (χ1) is 14.0. The summed E-state index contributed by atoms with van der Waals surface area (Å²) in [6.45, 7) is 3.38. The van der Waals surface area contributed by atoms with Crippen LogP contribution in [0.1, 0.15) is 28.4 Å². The maximum atomic E-state index is 12.8. The van der Waals surface area contributed by atoms with Crippen molar-refractivity contribution in [3.63, 3.8) is 0 Å². The molecule has 3 rings (SSSR count). The van der Waals surface area contributed by atoms with Gasteiger partial charge in [-0.1, -0.05) is 42.5 Å². The van der Waals surface area contributed by atoms with Gasteiger partial charge in [-0.05, 0) is 54.4 Å². The van der Waals surface area contributed by atoms with Gasteiger partial charge in [-0.2, -0.15) is 0 Å². The van der Waals surface area contributed by atoms with E-state index < -0.39 is 15.8 Å². The number of nitrogens with one attached hydrogen (secondary N) is 1. The number of ether oxygens (including phenoxy) is 1. The van der Waals surface area contributed by atoms with Crippen molar-refractivity contribution in [3.05, 3.63) is 95.6 Å². The molecule has 0 aliphatic rings. The molecule has 29 heavy (non-hydrogen) atoms. The lowest BCUT2D eigenvalue weighted by Gasteiger charge is -2.08. The molecule has 0 aliphatic carbocycles. The molecule has 0 unspecified atom stereocenters. The molecule has 0 amide bonds. The van der Waals surface area contributed by atoms with E-state index in [4.69, 9.17) is 4.74 Å². The Hall–Kier alpha value is -2.96. The molecule has 0 aliphatic heterocycles. The molecule has 0 atom stereocenters. The maximum Gasteiger partial charge on any atom is 0.338 e. The van der Waals surface area contributed by atoms with E-state index in [9.17, 15) is 13.2 Å². The van der Waals surface area contributed by atoms with E-state index in [1.54, 1.807) is 31.2 Å². The van der Waals surface area contributed by atoms with Gasteiger partial charge in [0.1, 0.15) is 0 Å². The molecule has 0 spiro atoms. The highest BCUT2D eigenvalue weighted by Crippen LogP contribution is 2.22. The van der Waals surface area contributed by atoms with Crippen molar-refractivity contribution in [2.24, 2.45) is 0 Å². The summed E-state index contributed by atoms with van der Waals surface area (Å²) in [7, 11) is -3.65. The Morgan fingerprint density at radius 1 is 0.793 bits per heavy atom. The van der Waals surface area contributed by atoms with Crippen molar-refractivity contribution < 1.29 is 17.9 Å². The molecule has 0 aromatic heterocycles. The molecule has 3 aromatic carbocycles. The number of esters is 1. The van der Waals surface area contributed by atoms with Crippen molar-refractivity contribution in [2.45, 2.75) is 29.8 Å². The van der Waals surface area contributed by atoms with E-state index in [0.29, 0.717) is 12.1 Å². The fourth-order valence-electron chi connectivity index (χ4n) is 2.85. The quantitative estimate of drug-likeness (QED) is 0.570. The second kappa shape index (κ2) is 9.49. The normalized spacial score (nSPS) is 11.2. The van der Waals surface area contributed by atoms with E-state index in [0.717, 1.165) is 12.1 Å². The van der Waals surface area contributed by atoms with Crippen molar-refractivity contribution in [1.82, 2.24) is 5.32 Å². The first-order valence-electron chi connectivity index (χ1n) is 9.36. The van der Waals surface area contributed by atoms with Gasteiger partial charge in [0.2, 0.25) is 9.84 Å². The Balaban J connectivity index is 1.65. The van der Waals surface area contributed by atoms with Gasteiger partial charge < -0.3 is 10.1 Å². The predicted octanol–water partition coefficient (Wildman–Crippen LogP) is 3.99. The molecule has 3 aromatic rings. The Kier molecular flexibility index (Phi) is 6.80. The van der Waals surface area contributed by atoms with Gasteiger partial charge in [0.25, 0.3) is 0 Å². The van der Waals surface area contributed by atoms with Crippen molar-refractivity contribution in [2.75, 3.05) is 6.61 Å². The largest absolute Gasteiger partial charge is 0.462 e. The smallest absolute Gasteiger partial charge is 0.338 e. The number of hydrogen-bond acceptors (Lipinski definition) is 5. The summed E-state index contributed by atoms with van der Waals surface area (Å²) in [6, 6.07) is 22.7. The average molecular weight is 410 g/mol. The number of sulfone groups is 1. The number of carbonyl (C=O) groups excluding carboxylic acids is 1. The minimum atomic E-state index is -3.65. The summed E-state index contributed by atoms with van der Waals surface area (Å²) < 4.78 is 30.6. The van der Waals surface area contributed by atoms with Crippen molar-refractivity contribution >= 4 is 15.8 Å². The van der Waals surface area contributed by atoms with Crippen LogP contribution in [0.25, 0.3) is 0 Å². The van der Waals surface area contributed by atoms with Crippen LogP contribution >= 0.6 is 0 Å². The van der Waals surface area contributed by atoms with Gasteiger partial charge in [0.15, 0.2) is 0 Å². The molecular formula is C23H23NO4S. The van der Waals surface area contributed by atoms with Gasteiger partial charge in [-0.25, -0.2) is 13.2 Å². The standard InChI is InChI=1S/C23H23NO4S/c1-2-28-23(25)20-10-14-22(15-11-20)29(26,27)21-12-8-19(9-13-21)17-24-16-18-6-4-3-5-7-18/h3-15,24H,2,16-17H2,1H3. The average Bonchev–Trinajstić information content (AvgIpc) is 2.75.